The van der Waals surface area contributed by atoms with Crippen LogP contribution in [0.3, 0.4) is 0 Å². The number of carbonyl (C=O) groups excluding carboxylic acids is 1. The van der Waals surface area contributed by atoms with Crippen molar-refractivity contribution in [1.82, 2.24) is 15.5 Å². The predicted octanol–water partition coefficient (Wildman–Crippen LogP) is 2.51. The van der Waals surface area contributed by atoms with Crippen molar-refractivity contribution in [3.8, 4) is 5.75 Å². The molecule has 1 amide bonds. The third-order valence-electron chi connectivity index (χ3n) is 3.75. The fourth-order valence-electron chi connectivity index (χ4n) is 2.33. The zero-order valence-electron chi connectivity index (χ0n) is 15.7. The van der Waals surface area contributed by atoms with E-state index in [0.29, 0.717) is 25.7 Å². The third-order valence-corrected chi connectivity index (χ3v) is 3.75. The van der Waals surface area contributed by atoms with Gasteiger partial charge in [-0.25, -0.2) is 0 Å². The zero-order chi connectivity index (χ0) is 18.6. The summed E-state index contributed by atoms with van der Waals surface area (Å²) in [5.74, 6) is 1.41. The number of rotatable bonds is 8. The maximum absolute atomic E-state index is 12.0. The first-order chi connectivity index (χ1) is 12.7. The summed E-state index contributed by atoms with van der Waals surface area (Å²) >= 11 is 0. The molecule has 2 rings (SSSR count). The van der Waals surface area contributed by atoms with Crippen LogP contribution in [0.1, 0.15) is 5.56 Å². The number of halogens is 1. The second kappa shape index (κ2) is 13.0. The number of amides is 1. The molecule has 2 aromatic rings. The van der Waals surface area contributed by atoms with Crippen molar-refractivity contribution in [1.29, 1.82) is 0 Å². The van der Waals surface area contributed by atoms with E-state index in [-0.39, 0.29) is 36.4 Å². The van der Waals surface area contributed by atoms with E-state index in [4.69, 9.17) is 4.74 Å². The van der Waals surface area contributed by atoms with Crippen LogP contribution in [0.15, 0.2) is 65.7 Å². The molecule has 0 atom stereocenters. The van der Waals surface area contributed by atoms with Crippen molar-refractivity contribution in [2.45, 2.75) is 6.54 Å². The Balaban J connectivity index is 0.00000364. The summed E-state index contributed by atoms with van der Waals surface area (Å²) < 4.78 is 5.68. The highest BCUT2D eigenvalue weighted by Crippen LogP contribution is 2.07. The number of nitrogens with zero attached hydrogens (tertiary/aromatic N) is 2. The summed E-state index contributed by atoms with van der Waals surface area (Å²) in [7, 11) is 3.60. The number of benzene rings is 2. The molecule has 27 heavy (non-hydrogen) atoms. The molecule has 0 unspecified atom stereocenters. The van der Waals surface area contributed by atoms with Crippen molar-refractivity contribution in [2.75, 3.05) is 33.8 Å². The van der Waals surface area contributed by atoms with E-state index in [9.17, 15) is 4.79 Å². The van der Waals surface area contributed by atoms with Crippen LogP contribution in [0, 0.1) is 0 Å². The molecule has 0 saturated carbocycles. The van der Waals surface area contributed by atoms with Gasteiger partial charge < -0.3 is 20.3 Å². The normalized spacial score (nSPS) is 10.5. The number of likely N-dealkylation sites (N-methyl/N-ethyl adjacent to an activating group) is 1. The second-order valence-corrected chi connectivity index (χ2v) is 5.75. The number of para-hydroxylation sites is 1. The van der Waals surface area contributed by atoms with Gasteiger partial charge in [-0.05, 0) is 17.7 Å². The molecule has 0 spiro atoms. The van der Waals surface area contributed by atoms with E-state index in [2.05, 4.69) is 15.6 Å². The fourth-order valence-corrected chi connectivity index (χ4v) is 2.33. The highest BCUT2D eigenvalue weighted by molar-refractivity contribution is 14.0. The topological polar surface area (TPSA) is 66.0 Å². The first-order valence-corrected chi connectivity index (χ1v) is 8.59. The number of ether oxygens (including phenoxy) is 1. The predicted molar refractivity (Wildman–Crippen MR) is 120 cm³/mol. The van der Waals surface area contributed by atoms with E-state index in [0.717, 1.165) is 11.3 Å². The van der Waals surface area contributed by atoms with Crippen LogP contribution < -0.4 is 15.4 Å². The van der Waals surface area contributed by atoms with Gasteiger partial charge in [-0.1, -0.05) is 48.5 Å². The Morgan fingerprint density at radius 1 is 1.04 bits per heavy atom. The first kappa shape index (κ1) is 22.8. The monoisotopic (exact) mass is 482 g/mol. The van der Waals surface area contributed by atoms with Crippen molar-refractivity contribution in [3.63, 3.8) is 0 Å². The summed E-state index contributed by atoms with van der Waals surface area (Å²) in [6.07, 6.45) is 0. The Morgan fingerprint density at radius 3 is 2.30 bits per heavy atom. The van der Waals surface area contributed by atoms with Crippen molar-refractivity contribution >= 4 is 35.8 Å². The van der Waals surface area contributed by atoms with E-state index < -0.39 is 0 Å². The Labute approximate surface area is 178 Å². The molecule has 0 aliphatic heterocycles. The van der Waals surface area contributed by atoms with Crippen molar-refractivity contribution in [2.24, 2.45) is 4.99 Å². The Hall–Kier alpha value is -2.29. The minimum atomic E-state index is -0.0797. The summed E-state index contributed by atoms with van der Waals surface area (Å²) in [4.78, 5) is 18.1. The van der Waals surface area contributed by atoms with Crippen LogP contribution in [0.4, 0.5) is 0 Å². The summed E-state index contributed by atoms with van der Waals surface area (Å²) in [6, 6.07) is 19.5. The van der Waals surface area contributed by atoms with Crippen LogP contribution in [0.5, 0.6) is 5.75 Å². The first-order valence-electron chi connectivity index (χ1n) is 8.59. The van der Waals surface area contributed by atoms with E-state index in [1.165, 1.54) is 0 Å². The number of aliphatic imine (C=N–C) groups is 1. The average Bonchev–Trinajstić information content (AvgIpc) is 2.68. The average molecular weight is 482 g/mol. The van der Waals surface area contributed by atoms with Gasteiger partial charge >= 0.3 is 0 Å². The molecule has 6 nitrogen and oxygen atoms in total. The minimum Gasteiger partial charge on any atom is -0.492 e. The van der Waals surface area contributed by atoms with Crippen molar-refractivity contribution < 1.29 is 9.53 Å². The van der Waals surface area contributed by atoms with Gasteiger partial charge in [-0.3, -0.25) is 9.79 Å². The van der Waals surface area contributed by atoms with Crippen LogP contribution in [-0.2, 0) is 11.3 Å². The van der Waals surface area contributed by atoms with Gasteiger partial charge in [0, 0.05) is 20.6 Å². The number of nitrogens with one attached hydrogen (secondary N) is 2. The molecule has 0 fully saturated rings. The summed E-state index contributed by atoms with van der Waals surface area (Å²) in [6.45, 7) is 1.87. The van der Waals surface area contributed by atoms with Gasteiger partial charge in [0.2, 0.25) is 5.91 Å². The molecule has 7 heteroatoms. The van der Waals surface area contributed by atoms with Crippen LogP contribution >= 0.6 is 24.0 Å². The lowest BCUT2D eigenvalue weighted by Gasteiger charge is -2.22. The fraction of sp³-hybridized carbons (Fsp3) is 0.300. The van der Waals surface area contributed by atoms with E-state index in [1.807, 2.05) is 72.6 Å². The summed E-state index contributed by atoms with van der Waals surface area (Å²) in [5.41, 5.74) is 1.07. The van der Waals surface area contributed by atoms with Crippen molar-refractivity contribution in [3.05, 3.63) is 66.2 Å². The maximum Gasteiger partial charge on any atom is 0.239 e. The lowest BCUT2D eigenvalue weighted by Crippen LogP contribution is -2.45. The highest BCUT2D eigenvalue weighted by atomic mass is 127. The number of hydrogen-bond acceptors (Lipinski definition) is 3. The molecule has 0 heterocycles. The standard InChI is InChI=1S/C20H26N4O2.HI/c1-21-20(24(2)13-14-26-18-11-7-4-8-12-18)23-16-19(25)22-15-17-9-5-3-6-10-17;/h3-12H,13-16H2,1-2H3,(H,21,23)(H,22,25);1H. The molecule has 0 aromatic heterocycles. The highest BCUT2D eigenvalue weighted by Gasteiger charge is 2.08. The SMILES string of the molecule is CN=C(NCC(=O)NCc1ccccc1)N(C)CCOc1ccccc1.I. The molecular weight excluding hydrogens is 455 g/mol. The zero-order valence-corrected chi connectivity index (χ0v) is 18.1. The van der Waals surface area contributed by atoms with Crippen LogP contribution in [0.2, 0.25) is 0 Å². The lowest BCUT2D eigenvalue weighted by atomic mass is 10.2. The second-order valence-electron chi connectivity index (χ2n) is 5.75. The van der Waals surface area contributed by atoms with Gasteiger partial charge in [-0.2, -0.15) is 0 Å². The lowest BCUT2D eigenvalue weighted by molar-refractivity contribution is -0.120. The minimum absolute atomic E-state index is 0. The number of hydrogen-bond donors (Lipinski definition) is 2. The van der Waals surface area contributed by atoms with Gasteiger partial charge in [0.25, 0.3) is 0 Å². The number of carbonyl (C=O) groups is 1. The van der Waals surface area contributed by atoms with Gasteiger partial charge in [0.1, 0.15) is 12.4 Å². The Kier molecular flexibility index (Phi) is 10.9. The molecule has 2 aromatic carbocycles. The molecule has 0 radical (unpaired) electrons. The molecular formula is C20H27IN4O2. The molecule has 146 valence electrons. The molecule has 0 bridgehead atoms. The van der Waals surface area contributed by atoms with E-state index >= 15 is 0 Å². The van der Waals surface area contributed by atoms with E-state index in [1.54, 1.807) is 7.05 Å². The van der Waals surface area contributed by atoms with Gasteiger partial charge in [0.15, 0.2) is 5.96 Å². The van der Waals surface area contributed by atoms with Gasteiger partial charge in [0.05, 0.1) is 13.1 Å². The molecule has 0 saturated heterocycles. The van der Waals surface area contributed by atoms with Crippen LogP contribution in [-0.4, -0.2) is 50.6 Å². The van der Waals surface area contributed by atoms with Crippen LogP contribution in [0.25, 0.3) is 0 Å². The molecule has 2 N–H and O–H groups in total. The molecule has 0 aliphatic rings. The smallest absolute Gasteiger partial charge is 0.239 e. The van der Waals surface area contributed by atoms with Gasteiger partial charge in [-0.15, -0.1) is 24.0 Å². The Bertz CT molecular complexity index is 696. The summed E-state index contributed by atoms with van der Waals surface area (Å²) in [5, 5.41) is 5.94. The largest absolute Gasteiger partial charge is 0.492 e. The Morgan fingerprint density at radius 2 is 1.67 bits per heavy atom. The quantitative estimate of drug-likeness (QED) is 0.345. The maximum atomic E-state index is 12.0. The third kappa shape index (κ3) is 8.76. The number of guanidine groups is 1. The molecule has 0 aliphatic carbocycles.